The second kappa shape index (κ2) is 7.12. The number of carbonyl (C=O) groups is 2. The third-order valence-electron chi connectivity index (χ3n) is 2.62. The molecule has 0 aliphatic heterocycles. The predicted octanol–water partition coefficient (Wildman–Crippen LogP) is -1.70. The minimum Gasteiger partial charge on any atom is -0.872 e. The first kappa shape index (κ1) is 17.0. The second-order valence-corrected chi connectivity index (χ2v) is 4.10. The number of nitrogens with one attached hydrogen (secondary N) is 1. The molecule has 0 aliphatic carbocycles. The van der Waals surface area contributed by atoms with Crippen LogP contribution >= 0.6 is 0 Å². The van der Waals surface area contributed by atoms with Crippen molar-refractivity contribution in [3.63, 3.8) is 0 Å². The molecule has 0 atom stereocenters. The van der Waals surface area contributed by atoms with Crippen molar-refractivity contribution in [3.8, 4) is 5.75 Å². The van der Waals surface area contributed by atoms with Crippen molar-refractivity contribution in [2.45, 2.75) is 0 Å². The van der Waals surface area contributed by atoms with Gasteiger partial charge in [-0.1, -0.05) is 17.9 Å². The normalized spacial score (nSPS) is 9.52. The van der Waals surface area contributed by atoms with E-state index in [1.165, 1.54) is 12.1 Å². The molecule has 2 aromatic carbocycles. The number of carbonyl (C=O) groups excluding carboxylic acids is 1. The summed E-state index contributed by atoms with van der Waals surface area (Å²) in [4.78, 5) is 22.8. The van der Waals surface area contributed by atoms with Crippen LogP contribution in [-0.4, -0.2) is 17.0 Å². The van der Waals surface area contributed by atoms with Gasteiger partial charge in [-0.2, -0.15) is 0 Å². The van der Waals surface area contributed by atoms with Crippen LogP contribution in [0.4, 0.5) is 11.4 Å². The van der Waals surface area contributed by atoms with Crippen LogP contribution in [0.1, 0.15) is 20.7 Å². The number of anilines is 2. The zero-order valence-electron chi connectivity index (χ0n) is 11.3. The quantitative estimate of drug-likeness (QED) is 0.461. The zero-order valence-corrected chi connectivity index (χ0v) is 13.3. The van der Waals surface area contributed by atoms with Gasteiger partial charge in [0.15, 0.2) is 0 Å². The number of carboxylic acid groups (broad SMARTS) is 1. The molecule has 0 bridgehead atoms. The van der Waals surface area contributed by atoms with Gasteiger partial charge in [0.2, 0.25) is 0 Å². The van der Waals surface area contributed by atoms with E-state index in [1.54, 1.807) is 18.2 Å². The molecule has 0 aromatic heterocycles. The third-order valence-corrected chi connectivity index (χ3v) is 2.62. The molecule has 21 heavy (non-hydrogen) atoms. The van der Waals surface area contributed by atoms with Crippen LogP contribution in [-0.2, 0) is 0 Å². The number of aromatic carboxylic acids is 1. The van der Waals surface area contributed by atoms with Crippen LogP contribution in [0.5, 0.6) is 5.75 Å². The van der Waals surface area contributed by atoms with Crippen molar-refractivity contribution in [3.05, 3.63) is 53.6 Å². The SMILES string of the molecule is Nc1cccc(C(=O)Nc2ccc([O-])c(C(=O)O)c2)c1.[Na+]. The van der Waals surface area contributed by atoms with Gasteiger partial charge in [-0.15, -0.1) is 0 Å². The molecule has 4 N–H and O–H groups in total. The Labute approximate surface area is 142 Å². The molecule has 0 saturated heterocycles. The molecular formula is C14H11N2NaO4. The monoisotopic (exact) mass is 294 g/mol. The minimum absolute atomic E-state index is 0. The Bertz CT molecular complexity index is 688. The van der Waals surface area contributed by atoms with Crippen LogP contribution in [0.2, 0.25) is 0 Å². The Hall–Kier alpha value is -2.02. The Morgan fingerprint density at radius 1 is 1.14 bits per heavy atom. The summed E-state index contributed by atoms with van der Waals surface area (Å²) >= 11 is 0. The van der Waals surface area contributed by atoms with E-state index < -0.39 is 23.2 Å². The Balaban J connectivity index is 0.00000220. The fourth-order valence-electron chi connectivity index (χ4n) is 1.66. The number of carboxylic acids is 1. The predicted molar refractivity (Wildman–Crippen MR) is 71.7 cm³/mol. The maximum absolute atomic E-state index is 11.9. The number of rotatable bonds is 3. The van der Waals surface area contributed by atoms with Crippen molar-refractivity contribution in [2.24, 2.45) is 0 Å². The number of hydrogen-bond acceptors (Lipinski definition) is 4. The van der Waals surface area contributed by atoms with Crippen LogP contribution in [0.15, 0.2) is 42.5 Å². The summed E-state index contributed by atoms with van der Waals surface area (Å²) in [5, 5.41) is 22.7. The molecule has 6 nitrogen and oxygen atoms in total. The fraction of sp³-hybridized carbons (Fsp3) is 0. The number of amides is 1. The van der Waals surface area contributed by atoms with E-state index in [2.05, 4.69) is 5.32 Å². The van der Waals surface area contributed by atoms with Gasteiger partial charge in [0.1, 0.15) is 0 Å². The molecule has 0 fully saturated rings. The Kier molecular flexibility index (Phi) is 5.78. The van der Waals surface area contributed by atoms with Crippen LogP contribution < -0.4 is 45.7 Å². The van der Waals surface area contributed by atoms with Gasteiger partial charge in [0, 0.05) is 16.9 Å². The molecule has 7 heteroatoms. The summed E-state index contributed by atoms with van der Waals surface area (Å²) in [6, 6.07) is 9.91. The van der Waals surface area contributed by atoms with Gasteiger partial charge in [0.05, 0.1) is 5.56 Å². The summed E-state index contributed by atoms with van der Waals surface area (Å²) in [6.45, 7) is 0. The fourth-order valence-corrected chi connectivity index (χ4v) is 1.66. The summed E-state index contributed by atoms with van der Waals surface area (Å²) in [7, 11) is 0. The second-order valence-electron chi connectivity index (χ2n) is 4.10. The van der Waals surface area contributed by atoms with Crippen molar-refractivity contribution in [1.82, 2.24) is 0 Å². The van der Waals surface area contributed by atoms with Crippen molar-refractivity contribution in [1.29, 1.82) is 0 Å². The molecule has 0 heterocycles. The van der Waals surface area contributed by atoms with Crippen molar-refractivity contribution < 1.29 is 49.4 Å². The standard InChI is InChI=1S/C14H12N2O4.Na/c15-9-3-1-2-8(6-9)13(18)16-10-4-5-12(17)11(7-10)14(19)20;/h1-7,17H,15H2,(H,16,18)(H,19,20);/q;+1/p-1. The summed E-state index contributed by atoms with van der Waals surface area (Å²) < 4.78 is 0. The van der Waals surface area contributed by atoms with E-state index in [0.717, 1.165) is 12.1 Å². The maximum atomic E-state index is 11.9. The number of benzene rings is 2. The van der Waals surface area contributed by atoms with E-state index in [9.17, 15) is 14.7 Å². The van der Waals surface area contributed by atoms with Gasteiger partial charge in [-0.05, 0) is 30.3 Å². The molecule has 0 saturated carbocycles. The molecule has 0 spiro atoms. The largest absolute Gasteiger partial charge is 1.00 e. The molecular weight excluding hydrogens is 283 g/mol. The van der Waals surface area contributed by atoms with Gasteiger partial charge < -0.3 is 21.3 Å². The van der Waals surface area contributed by atoms with Gasteiger partial charge >= 0.3 is 35.5 Å². The maximum Gasteiger partial charge on any atom is 1.00 e. The average Bonchev–Trinajstić information content (AvgIpc) is 2.40. The van der Waals surface area contributed by atoms with Crippen LogP contribution in [0, 0.1) is 0 Å². The average molecular weight is 294 g/mol. The smallest absolute Gasteiger partial charge is 0.872 e. The molecule has 1 amide bonds. The van der Waals surface area contributed by atoms with Crippen molar-refractivity contribution >= 4 is 23.3 Å². The molecule has 102 valence electrons. The van der Waals surface area contributed by atoms with Gasteiger partial charge in [0.25, 0.3) is 5.91 Å². The third kappa shape index (κ3) is 4.22. The molecule has 2 rings (SSSR count). The van der Waals surface area contributed by atoms with E-state index in [-0.39, 0.29) is 35.2 Å². The summed E-state index contributed by atoms with van der Waals surface area (Å²) in [6.07, 6.45) is 0. The minimum atomic E-state index is -1.34. The van der Waals surface area contributed by atoms with E-state index in [4.69, 9.17) is 10.8 Å². The van der Waals surface area contributed by atoms with E-state index >= 15 is 0 Å². The molecule has 2 aromatic rings. The van der Waals surface area contributed by atoms with E-state index in [0.29, 0.717) is 11.3 Å². The molecule has 0 radical (unpaired) electrons. The van der Waals surface area contributed by atoms with Crippen LogP contribution in [0.25, 0.3) is 0 Å². The van der Waals surface area contributed by atoms with Crippen molar-refractivity contribution in [2.75, 3.05) is 11.1 Å². The molecule has 0 unspecified atom stereocenters. The van der Waals surface area contributed by atoms with Gasteiger partial charge in [-0.3, -0.25) is 4.79 Å². The molecule has 0 aliphatic rings. The van der Waals surface area contributed by atoms with Crippen LogP contribution in [0.3, 0.4) is 0 Å². The first-order chi connectivity index (χ1) is 9.47. The Morgan fingerprint density at radius 3 is 2.48 bits per heavy atom. The summed E-state index contributed by atoms with van der Waals surface area (Å²) in [5.74, 6) is -2.39. The first-order valence-corrected chi connectivity index (χ1v) is 5.68. The number of nitrogen functional groups attached to an aromatic ring is 1. The topological polar surface area (TPSA) is 115 Å². The van der Waals surface area contributed by atoms with Gasteiger partial charge in [-0.25, -0.2) is 4.79 Å². The number of hydrogen-bond donors (Lipinski definition) is 3. The zero-order chi connectivity index (χ0) is 14.7. The first-order valence-electron chi connectivity index (χ1n) is 5.68. The van der Waals surface area contributed by atoms with E-state index in [1.807, 2.05) is 0 Å². The summed E-state index contributed by atoms with van der Waals surface area (Å²) in [5.41, 5.74) is 6.20. The Morgan fingerprint density at radius 2 is 1.86 bits per heavy atom. The number of nitrogens with two attached hydrogens (primary N) is 1.